The molecule has 0 fully saturated rings. The monoisotopic (exact) mass is 355 g/mol. The number of carbonyl (C=O) groups is 1. The quantitative estimate of drug-likeness (QED) is 0.773. The van der Waals surface area contributed by atoms with Gasteiger partial charge in [0.05, 0.1) is 19.3 Å². The van der Waals surface area contributed by atoms with Crippen molar-refractivity contribution in [3.05, 3.63) is 45.4 Å². The minimum atomic E-state index is -0.511. The van der Waals surface area contributed by atoms with Crippen molar-refractivity contribution >= 4 is 21.9 Å². The third kappa shape index (κ3) is 3.47. The molecule has 0 spiro atoms. The molecule has 1 aromatic carbocycles. The lowest BCUT2D eigenvalue weighted by Gasteiger charge is -2.08. The molecule has 0 aliphatic rings. The van der Waals surface area contributed by atoms with Crippen LogP contribution in [0.4, 0.5) is 4.39 Å². The molecule has 0 saturated carbocycles. The number of benzene rings is 1. The molecule has 21 heavy (non-hydrogen) atoms. The first-order valence-corrected chi connectivity index (χ1v) is 7.30. The average molecular weight is 356 g/mol. The van der Waals surface area contributed by atoms with Crippen LogP contribution in [0.5, 0.6) is 0 Å². The zero-order chi connectivity index (χ0) is 15.4. The number of hydrogen-bond acceptors (Lipinski definition) is 4. The second kappa shape index (κ2) is 6.80. The van der Waals surface area contributed by atoms with Gasteiger partial charge in [0.2, 0.25) is 0 Å². The summed E-state index contributed by atoms with van der Waals surface area (Å²) >= 11 is 3.38. The molecule has 0 aliphatic heterocycles. The highest BCUT2D eigenvalue weighted by Gasteiger charge is 2.20. The van der Waals surface area contributed by atoms with Crippen LogP contribution in [0.1, 0.15) is 35.1 Å². The number of halogens is 2. The summed E-state index contributed by atoms with van der Waals surface area (Å²) in [6.07, 6.45) is 1.48. The van der Waals surface area contributed by atoms with Crippen LogP contribution in [-0.4, -0.2) is 28.1 Å². The highest BCUT2D eigenvalue weighted by Crippen LogP contribution is 2.20. The van der Waals surface area contributed by atoms with Crippen LogP contribution in [0.15, 0.2) is 22.7 Å². The van der Waals surface area contributed by atoms with Crippen LogP contribution in [-0.2, 0) is 17.7 Å². The maximum Gasteiger partial charge on any atom is 0.360 e. The van der Waals surface area contributed by atoms with Gasteiger partial charge in [-0.2, -0.15) is 0 Å². The number of hydrogen-bond donors (Lipinski definition) is 0. The molecule has 7 heteroatoms. The van der Waals surface area contributed by atoms with E-state index in [4.69, 9.17) is 4.74 Å². The number of rotatable bonds is 5. The van der Waals surface area contributed by atoms with Gasteiger partial charge in [0.15, 0.2) is 5.69 Å². The van der Waals surface area contributed by atoms with E-state index in [0.29, 0.717) is 18.7 Å². The van der Waals surface area contributed by atoms with Gasteiger partial charge in [0.1, 0.15) is 5.82 Å². The fraction of sp³-hybridized carbons (Fsp3) is 0.357. The number of ether oxygens (including phenoxy) is 1. The van der Waals surface area contributed by atoms with Crippen LogP contribution in [0, 0.1) is 5.82 Å². The Balaban J connectivity index is 2.37. The molecule has 0 N–H and O–H groups in total. The Hall–Kier alpha value is -1.76. The molecule has 0 bridgehead atoms. The predicted octanol–water partition coefficient (Wildman–Crippen LogP) is 2.97. The van der Waals surface area contributed by atoms with E-state index < -0.39 is 5.97 Å². The molecule has 2 aromatic rings. The molecule has 1 heterocycles. The largest absolute Gasteiger partial charge is 0.464 e. The van der Waals surface area contributed by atoms with E-state index in [1.807, 2.05) is 6.92 Å². The maximum atomic E-state index is 13.3. The highest BCUT2D eigenvalue weighted by atomic mass is 79.9. The van der Waals surface area contributed by atoms with Gasteiger partial charge in [-0.05, 0) is 30.2 Å². The summed E-state index contributed by atoms with van der Waals surface area (Å²) in [6, 6.07) is 4.45. The number of nitrogens with zero attached hydrogens (tertiary/aromatic N) is 3. The van der Waals surface area contributed by atoms with Crippen molar-refractivity contribution < 1.29 is 13.9 Å². The van der Waals surface area contributed by atoms with Crippen molar-refractivity contribution in [2.45, 2.75) is 26.3 Å². The van der Waals surface area contributed by atoms with Gasteiger partial charge in [-0.25, -0.2) is 13.9 Å². The lowest BCUT2D eigenvalue weighted by atomic mass is 10.2. The van der Waals surface area contributed by atoms with Gasteiger partial charge >= 0.3 is 5.97 Å². The number of methoxy groups -OCH3 is 1. The normalized spacial score (nSPS) is 10.7. The van der Waals surface area contributed by atoms with Crippen LogP contribution >= 0.6 is 15.9 Å². The number of esters is 1. The molecular weight excluding hydrogens is 341 g/mol. The lowest BCUT2D eigenvalue weighted by Crippen LogP contribution is -2.11. The fourth-order valence-electron chi connectivity index (χ4n) is 2.03. The Labute approximate surface area is 130 Å². The van der Waals surface area contributed by atoms with Gasteiger partial charge in [-0.1, -0.05) is 34.5 Å². The Morgan fingerprint density at radius 3 is 2.90 bits per heavy atom. The molecule has 5 nitrogen and oxygen atoms in total. The summed E-state index contributed by atoms with van der Waals surface area (Å²) in [5.41, 5.74) is 1.64. The molecule has 2 rings (SSSR count). The Morgan fingerprint density at radius 2 is 2.24 bits per heavy atom. The minimum absolute atomic E-state index is 0.215. The van der Waals surface area contributed by atoms with Crippen molar-refractivity contribution in [3.63, 3.8) is 0 Å². The molecule has 0 aliphatic carbocycles. The standard InChI is InChI=1S/C14H15BrFN3O2/c1-3-4-12-13(14(20)21-2)17-18-19(12)8-9-7-10(16)5-6-11(9)15/h5-7H,3-4,8H2,1-2H3. The SMILES string of the molecule is CCCc1c(C(=O)OC)nnn1Cc1cc(F)ccc1Br. The number of aromatic nitrogens is 3. The summed E-state index contributed by atoms with van der Waals surface area (Å²) in [5.74, 6) is -0.832. The summed E-state index contributed by atoms with van der Waals surface area (Å²) < 4.78 is 20.4. The predicted molar refractivity (Wildman–Crippen MR) is 78.6 cm³/mol. The van der Waals surface area contributed by atoms with Gasteiger partial charge in [-0.15, -0.1) is 5.10 Å². The molecule has 0 saturated heterocycles. The van der Waals surface area contributed by atoms with Crippen LogP contribution < -0.4 is 0 Å². The van der Waals surface area contributed by atoms with E-state index in [9.17, 15) is 9.18 Å². The first-order chi connectivity index (χ1) is 10.1. The van der Waals surface area contributed by atoms with E-state index >= 15 is 0 Å². The van der Waals surface area contributed by atoms with Crippen LogP contribution in [0.2, 0.25) is 0 Å². The van der Waals surface area contributed by atoms with E-state index in [2.05, 4.69) is 26.2 Å². The van der Waals surface area contributed by atoms with Gasteiger partial charge < -0.3 is 4.74 Å². The second-order valence-electron chi connectivity index (χ2n) is 4.52. The Morgan fingerprint density at radius 1 is 1.48 bits per heavy atom. The molecule has 0 radical (unpaired) electrons. The van der Waals surface area contributed by atoms with E-state index in [-0.39, 0.29) is 11.5 Å². The molecule has 112 valence electrons. The molecule has 0 unspecified atom stereocenters. The van der Waals surface area contributed by atoms with Crippen molar-refractivity contribution in [2.24, 2.45) is 0 Å². The molecule has 0 atom stereocenters. The van der Waals surface area contributed by atoms with Crippen molar-refractivity contribution in [1.82, 2.24) is 15.0 Å². The van der Waals surface area contributed by atoms with E-state index in [0.717, 1.165) is 16.5 Å². The molecular formula is C14H15BrFN3O2. The third-order valence-corrected chi connectivity index (χ3v) is 3.80. The fourth-order valence-corrected chi connectivity index (χ4v) is 2.40. The van der Waals surface area contributed by atoms with Crippen molar-refractivity contribution in [3.8, 4) is 0 Å². The zero-order valence-electron chi connectivity index (χ0n) is 11.8. The van der Waals surface area contributed by atoms with Gasteiger partial charge in [-0.3, -0.25) is 0 Å². The topological polar surface area (TPSA) is 57.0 Å². The summed E-state index contributed by atoms with van der Waals surface area (Å²) in [6.45, 7) is 2.33. The molecule has 0 amide bonds. The zero-order valence-corrected chi connectivity index (χ0v) is 13.4. The first kappa shape index (κ1) is 15.6. The number of carbonyl (C=O) groups excluding carboxylic acids is 1. The van der Waals surface area contributed by atoms with Crippen molar-refractivity contribution in [2.75, 3.05) is 7.11 Å². The summed E-state index contributed by atoms with van der Waals surface area (Å²) in [4.78, 5) is 11.7. The first-order valence-electron chi connectivity index (χ1n) is 6.51. The minimum Gasteiger partial charge on any atom is -0.464 e. The van der Waals surface area contributed by atoms with Gasteiger partial charge in [0.25, 0.3) is 0 Å². The second-order valence-corrected chi connectivity index (χ2v) is 5.37. The van der Waals surface area contributed by atoms with E-state index in [1.165, 1.54) is 19.2 Å². The van der Waals surface area contributed by atoms with Crippen LogP contribution in [0.3, 0.4) is 0 Å². The van der Waals surface area contributed by atoms with Crippen molar-refractivity contribution in [1.29, 1.82) is 0 Å². The average Bonchev–Trinajstić information content (AvgIpc) is 2.85. The van der Waals surface area contributed by atoms with Gasteiger partial charge in [0, 0.05) is 4.47 Å². The smallest absolute Gasteiger partial charge is 0.360 e. The summed E-state index contributed by atoms with van der Waals surface area (Å²) in [5, 5.41) is 7.88. The third-order valence-electron chi connectivity index (χ3n) is 3.03. The maximum absolute atomic E-state index is 13.3. The highest BCUT2D eigenvalue weighted by molar-refractivity contribution is 9.10. The Kier molecular flexibility index (Phi) is 5.06. The van der Waals surface area contributed by atoms with E-state index in [1.54, 1.807) is 10.7 Å². The molecule has 1 aromatic heterocycles. The Bertz CT molecular complexity index is 658. The summed E-state index contributed by atoms with van der Waals surface area (Å²) in [7, 11) is 1.31. The lowest BCUT2D eigenvalue weighted by molar-refractivity contribution is 0.0592. The van der Waals surface area contributed by atoms with Crippen LogP contribution in [0.25, 0.3) is 0 Å².